The van der Waals surface area contributed by atoms with Gasteiger partial charge in [-0.05, 0) is 74.3 Å². The molecule has 3 aliphatic heterocycles. The molecule has 1 N–H and O–H groups in total. The van der Waals surface area contributed by atoms with Crippen LogP contribution >= 0.6 is 0 Å². The van der Waals surface area contributed by atoms with Crippen molar-refractivity contribution < 1.29 is 14.3 Å². The van der Waals surface area contributed by atoms with Gasteiger partial charge in [0, 0.05) is 47.5 Å². The van der Waals surface area contributed by atoms with E-state index in [1.807, 2.05) is 18.0 Å². The number of nitrogens with one attached hydrogen (secondary N) is 1. The monoisotopic (exact) mass is 524 g/mol. The lowest BCUT2D eigenvalue weighted by molar-refractivity contribution is 0.0658. The number of aromatic nitrogens is 2. The number of benzene rings is 2. The number of hydrogen-bond donors (Lipinski definition) is 1. The lowest BCUT2D eigenvalue weighted by Crippen LogP contribution is -2.44. The summed E-state index contributed by atoms with van der Waals surface area (Å²) in [6, 6.07) is 17.1. The fourth-order valence-corrected chi connectivity index (χ4v) is 6.78. The van der Waals surface area contributed by atoms with E-state index < -0.39 is 0 Å². The first kappa shape index (κ1) is 24.3. The molecule has 7 nitrogen and oxygen atoms in total. The van der Waals surface area contributed by atoms with Gasteiger partial charge in [-0.2, -0.15) is 0 Å². The zero-order valence-electron chi connectivity index (χ0n) is 23.2. The van der Waals surface area contributed by atoms with E-state index in [1.54, 1.807) is 0 Å². The third-order valence-electron chi connectivity index (χ3n) is 8.99. The Balaban J connectivity index is 1.40. The van der Waals surface area contributed by atoms with Crippen molar-refractivity contribution in [2.45, 2.75) is 51.1 Å². The summed E-state index contributed by atoms with van der Waals surface area (Å²) in [5.41, 5.74) is 7.81. The van der Waals surface area contributed by atoms with Crippen molar-refractivity contribution in [2.24, 2.45) is 0 Å². The summed E-state index contributed by atoms with van der Waals surface area (Å²) in [7, 11) is 4.15. The quantitative estimate of drug-likeness (QED) is 0.336. The Kier molecular flexibility index (Phi) is 5.74. The summed E-state index contributed by atoms with van der Waals surface area (Å²) in [4.78, 5) is 22.3. The zero-order chi connectivity index (χ0) is 26.8. The van der Waals surface area contributed by atoms with E-state index >= 15 is 0 Å². The number of piperidine rings is 1. The second-order valence-electron chi connectivity index (χ2n) is 11.7. The molecular weight excluding hydrogens is 488 g/mol. The topological polar surface area (TPSA) is 62.7 Å². The van der Waals surface area contributed by atoms with Gasteiger partial charge < -0.3 is 28.8 Å². The Hall–Kier alpha value is -3.71. The van der Waals surface area contributed by atoms with Crippen molar-refractivity contribution in [2.75, 3.05) is 34.0 Å². The van der Waals surface area contributed by atoms with Crippen LogP contribution in [-0.2, 0) is 6.42 Å². The lowest BCUT2D eigenvalue weighted by atomic mass is 9.91. The largest absolute Gasteiger partial charge is 0.454 e. The van der Waals surface area contributed by atoms with Gasteiger partial charge in [0.2, 0.25) is 6.79 Å². The van der Waals surface area contributed by atoms with Gasteiger partial charge in [0.05, 0.1) is 11.6 Å². The first-order chi connectivity index (χ1) is 18.9. The summed E-state index contributed by atoms with van der Waals surface area (Å²) in [5, 5.41) is 1.22. The molecule has 7 heteroatoms. The van der Waals surface area contributed by atoms with Gasteiger partial charge in [-0.15, -0.1) is 0 Å². The zero-order valence-corrected chi connectivity index (χ0v) is 23.2. The third-order valence-corrected chi connectivity index (χ3v) is 8.99. The lowest BCUT2D eigenvalue weighted by Gasteiger charge is -2.35. The second-order valence-corrected chi connectivity index (χ2v) is 11.7. The van der Waals surface area contributed by atoms with Gasteiger partial charge in [0.15, 0.2) is 11.5 Å². The molecule has 1 amide bonds. The van der Waals surface area contributed by atoms with Crippen molar-refractivity contribution in [3.63, 3.8) is 0 Å². The maximum atomic E-state index is 14.2. The molecule has 2 aromatic carbocycles. The minimum Gasteiger partial charge on any atom is -0.454 e. The highest BCUT2D eigenvalue weighted by molar-refractivity contribution is 5.97. The van der Waals surface area contributed by atoms with Crippen LogP contribution < -0.4 is 9.47 Å². The average molecular weight is 525 g/mol. The molecule has 0 radical (unpaired) electrons. The van der Waals surface area contributed by atoms with E-state index in [4.69, 9.17) is 9.47 Å². The minimum absolute atomic E-state index is 0.0989. The van der Waals surface area contributed by atoms with Crippen LogP contribution in [0.1, 0.15) is 77.2 Å². The van der Waals surface area contributed by atoms with Crippen LogP contribution in [0, 0.1) is 0 Å². The van der Waals surface area contributed by atoms with Crippen LogP contribution in [0.2, 0.25) is 0 Å². The van der Waals surface area contributed by atoms with Crippen molar-refractivity contribution in [3.8, 4) is 11.5 Å². The molecule has 0 spiro atoms. The molecule has 3 aliphatic rings. The van der Waals surface area contributed by atoms with Crippen molar-refractivity contribution in [3.05, 3.63) is 82.3 Å². The number of aromatic amines is 1. The number of H-pyrrole nitrogens is 1. The molecule has 1 atom stereocenters. The molecule has 1 fully saturated rings. The molecular formula is C32H36N4O3. The van der Waals surface area contributed by atoms with Crippen LogP contribution in [0.4, 0.5) is 0 Å². The van der Waals surface area contributed by atoms with E-state index in [2.05, 4.69) is 77.8 Å². The first-order valence-electron chi connectivity index (χ1n) is 14.1. The number of likely N-dealkylation sites (tertiary alicyclic amines) is 1. The molecule has 1 unspecified atom stereocenters. The number of para-hydroxylation sites is 1. The standard InChI is InChI=1S/C32H36N4O3/c1-19(2)26-17-24(32(37)35(4)21-11-13-34(3)14-12-21)27-16-23-22-7-5-6-8-25(22)33-30(23)31(36(26)27)20-9-10-28-29(15-20)39-18-38-28/h5-10,15,17,19,21,31,33H,11-14,16,18H2,1-4H3. The van der Waals surface area contributed by atoms with Crippen LogP contribution in [0.25, 0.3) is 10.9 Å². The fraction of sp³-hybridized carbons (Fsp3) is 0.406. The van der Waals surface area contributed by atoms with E-state index in [9.17, 15) is 4.79 Å². The van der Waals surface area contributed by atoms with Gasteiger partial charge in [-0.25, -0.2) is 0 Å². The normalized spacial score (nSPS) is 18.9. The number of ether oxygens (including phenoxy) is 2. The molecule has 7 rings (SSSR count). The summed E-state index contributed by atoms with van der Waals surface area (Å²) in [5.74, 6) is 1.93. The Morgan fingerprint density at radius 2 is 1.82 bits per heavy atom. The van der Waals surface area contributed by atoms with Crippen molar-refractivity contribution in [1.29, 1.82) is 0 Å². The highest BCUT2D eigenvalue weighted by Gasteiger charge is 2.37. The Bertz CT molecular complexity index is 1570. The molecule has 39 heavy (non-hydrogen) atoms. The molecule has 2 aromatic heterocycles. The molecule has 0 saturated carbocycles. The van der Waals surface area contributed by atoms with E-state index in [-0.39, 0.29) is 30.7 Å². The van der Waals surface area contributed by atoms with Crippen LogP contribution in [0.5, 0.6) is 11.5 Å². The maximum Gasteiger partial charge on any atom is 0.255 e. The Labute approximate surface area is 229 Å². The highest BCUT2D eigenvalue weighted by atomic mass is 16.7. The van der Waals surface area contributed by atoms with E-state index in [0.29, 0.717) is 0 Å². The van der Waals surface area contributed by atoms with Gasteiger partial charge in [0.25, 0.3) is 5.91 Å². The number of nitrogens with zero attached hydrogens (tertiary/aromatic N) is 3. The van der Waals surface area contributed by atoms with Gasteiger partial charge in [0.1, 0.15) is 0 Å². The van der Waals surface area contributed by atoms with E-state index in [0.717, 1.165) is 66.2 Å². The van der Waals surface area contributed by atoms with Gasteiger partial charge in [-0.3, -0.25) is 4.79 Å². The Morgan fingerprint density at radius 1 is 1.05 bits per heavy atom. The average Bonchev–Trinajstić information content (AvgIpc) is 3.66. The number of amides is 1. The number of fused-ring (bicyclic) bond motifs is 5. The minimum atomic E-state index is -0.0989. The fourth-order valence-electron chi connectivity index (χ4n) is 6.78. The predicted octanol–water partition coefficient (Wildman–Crippen LogP) is 5.53. The van der Waals surface area contributed by atoms with Crippen LogP contribution in [0.3, 0.4) is 0 Å². The predicted molar refractivity (Wildman–Crippen MR) is 152 cm³/mol. The molecule has 0 aliphatic carbocycles. The van der Waals surface area contributed by atoms with Crippen LogP contribution in [-0.4, -0.2) is 65.3 Å². The molecule has 4 aromatic rings. The van der Waals surface area contributed by atoms with Gasteiger partial charge in [-0.1, -0.05) is 38.1 Å². The summed E-state index contributed by atoms with van der Waals surface area (Å²) >= 11 is 0. The number of carbonyl (C=O) groups is 1. The molecule has 0 bridgehead atoms. The highest BCUT2D eigenvalue weighted by Crippen LogP contribution is 2.45. The Morgan fingerprint density at radius 3 is 2.62 bits per heavy atom. The first-order valence-corrected chi connectivity index (χ1v) is 14.1. The summed E-state index contributed by atoms with van der Waals surface area (Å²) in [6.07, 6.45) is 2.74. The van der Waals surface area contributed by atoms with Crippen molar-refractivity contribution >= 4 is 16.8 Å². The maximum absolute atomic E-state index is 14.2. The van der Waals surface area contributed by atoms with Crippen molar-refractivity contribution in [1.82, 2.24) is 19.4 Å². The SMILES string of the molecule is CC(C)c1cc(C(=O)N(C)C2CCN(C)CC2)c2n1C(c1ccc3c(c1)OCO3)c1[nH]c3ccccc3c1C2. The number of rotatable bonds is 4. The number of hydrogen-bond acceptors (Lipinski definition) is 4. The molecule has 5 heterocycles. The summed E-state index contributed by atoms with van der Waals surface area (Å²) in [6.45, 7) is 6.73. The molecule has 202 valence electrons. The van der Waals surface area contributed by atoms with E-state index in [1.165, 1.54) is 22.3 Å². The second kappa shape index (κ2) is 9.19. The van der Waals surface area contributed by atoms with Gasteiger partial charge >= 0.3 is 0 Å². The number of carbonyl (C=O) groups excluding carboxylic acids is 1. The smallest absolute Gasteiger partial charge is 0.255 e. The molecule has 1 saturated heterocycles. The van der Waals surface area contributed by atoms with Crippen LogP contribution in [0.15, 0.2) is 48.5 Å². The third kappa shape index (κ3) is 3.86. The summed E-state index contributed by atoms with van der Waals surface area (Å²) < 4.78 is 13.8.